The molecule has 2 amide bonds. The van der Waals surface area contributed by atoms with E-state index in [4.69, 9.17) is 4.74 Å². The minimum atomic E-state index is -0.559. The molecule has 4 heteroatoms. The molecule has 1 aliphatic rings. The monoisotopic (exact) mass is 247 g/mol. The summed E-state index contributed by atoms with van der Waals surface area (Å²) >= 11 is 0. The van der Waals surface area contributed by atoms with Crippen molar-refractivity contribution in [3.63, 3.8) is 0 Å². The number of amides is 2. The van der Waals surface area contributed by atoms with Crippen molar-refractivity contribution < 1.29 is 14.3 Å². The van der Waals surface area contributed by atoms with Crippen LogP contribution in [0.2, 0.25) is 0 Å². The third kappa shape index (κ3) is 2.53. The lowest BCUT2D eigenvalue weighted by atomic mass is 9.82. The predicted octanol–water partition coefficient (Wildman–Crippen LogP) is 1.68. The largest absolute Gasteiger partial charge is 0.497 e. The molecule has 0 aromatic heterocycles. The van der Waals surface area contributed by atoms with E-state index < -0.39 is 5.41 Å². The van der Waals surface area contributed by atoms with Gasteiger partial charge in [-0.05, 0) is 30.5 Å². The Labute approximate surface area is 106 Å². The van der Waals surface area contributed by atoms with Crippen LogP contribution in [0.5, 0.6) is 5.75 Å². The SMILES string of the molecule is COc1ccc(CCC2(C)CC(=O)NC2=O)cc1. The summed E-state index contributed by atoms with van der Waals surface area (Å²) in [5.74, 6) is 0.497. The fourth-order valence-corrected chi connectivity index (χ4v) is 2.17. The van der Waals surface area contributed by atoms with Crippen LogP contribution in [0.4, 0.5) is 0 Å². The smallest absolute Gasteiger partial charge is 0.233 e. The molecule has 0 radical (unpaired) electrons. The summed E-state index contributed by atoms with van der Waals surface area (Å²) in [5, 5.41) is 2.36. The van der Waals surface area contributed by atoms with Crippen LogP contribution in [-0.2, 0) is 16.0 Å². The van der Waals surface area contributed by atoms with Gasteiger partial charge in [0.1, 0.15) is 5.75 Å². The molecule has 1 aliphatic heterocycles. The molecule has 4 nitrogen and oxygen atoms in total. The quantitative estimate of drug-likeness (QED) is 0.824. The fourth-order valence-electron chi connectivity index (χ4n) is 2.17. The molecule has 1 aromatic carbocycles. The summed E-state index contributed by atoms with van der Waals surface area (Å²) in [6, 6.07) is 7.77. The number of aryl methyl sites for hydroxylation is 1. The maximum Gasteiger partial charge on any atom is 0.233 e. The summed E-state index contributed by atoms with van der Waals surface area (Å²) in [5.41, 5.74) is 0.584. The van der Waals surface area contributed by atoms with Crippen LogP contribution in [0, 0.1) is 5.41 Å². The molecule has 1 heterocycles. The minimum Gasteiger partial charge on any atom is -0.497 e. The molecule has 0 bridgehead atoms. The van der Waals surface area contributed by atoms with E-state index >= 15 is 0 Å². The number of nitrogens with one attached hydrogen (secondary N) is 1. The molecular formula is C14H17NO3. The number of carbonyl (C=O) groups is 2. The number of ether oxygens (including phenoxy) is 1. The van der Waals surface area contributed by atoms with Gasteiger partial charge in [-0.3, -0.25) is 14.9 Å². The van der Waals surface area contributed by atoms with Gasteiger partial charge < -0.3 is 4.74 Å². The number of methoxy groups -OCH3 is 1. The molecule has 1 atom stereocenters. The van der Waals surface area contributed by atoms with E-state index in [1.807, 2.05) is 31.2 Å². The standard InChI is InChI=1S/C14H17NO3/c1-14(9-12(16)15-13(14)17)8-7-10-3-5-11(18-2)6-4-10/h3-6H,7-9H2,1-2H3,(H,15,16,17). The Morgan fingerprint density at radius 2 is 1.94 bits per heavy atom. The highest BCUT2D eigenvalue weighted by molar-refractivity contribution is 6.05. The Balaban J connectivity index is 1.98. The highest BCUT2D eigenvalue weighted by Gasteiger charge is 2.41. The summed E-state index contributed by atoms with van der Waals surface area (Å²) in [7, 11) is 1.63. The van der Waals surface area contributed by atoms with Crippen molar-refractivity contribution in [3.8, 4) is 5.75 Å². The summed E-state index contributed by atoms with van der Waals surface area (Å²) in [6.07, 6.45) is 1.75. The Morgan fingerprint density at radius 3 is 2.44 bits per heavy atom. The molecular weight excluding hydrogens is 230 g/mol. The molecule has 0 saturated carbocycles. The van der Waals surface area contributed by atoms with Crippen LogP contribution in [0.3, 0.4) is 0 Å². The molecule has 1 N–H and O–H groups in total. The Hall–Kier alpha value is -1.84. The molecule has 1 unspecified atom stereocenters. The molecule has 96 valence electrons. The zero-order chi connectivity index (χ0) is 13.2. The van der Waals surface area contributed by atoms with E-state index in [1.165, 1.54) is 0 Å². The average molecular weight is 247 g/mol. The minimum absolute atomic E-state index is 0.152. The van der Waals surface area contributed by atoms with Gasteiger partial charge >= 0.3 is 0 Å². The van der Waals surface area contributed by atoms with E-state index in [2.05, 4.69) is 5.32 Å². The van der Waals surface area contributed by atoms with Gasteiger partial charge in [0, 0.05) is 6.42 Å². The lowest BCUT2D eigenvalue weighted by Gasteiger charge is -2.19. The first-order chi connectivity index (χ1) is 8.53. The number of benzene rings is 1. The van der Waals surface area contributed by atoms with Crippen LogP contribution in [0.15, 0.2) is 24.3 Å². The maximum absolute atomic E-state index is 11.7. The average Bonchev–Trinajstić information content (AvgIpc) is 2.61. The fraction of sp³-hybridized carbons (Fsp3) is 0.429. The van der Waals surface area contributed by atoms with E-state index in [0.29, 0.717) is 12.8 Å². The summed E-state index contributed by atoms with van der Waals surface area (Å²) in [4.78, 5) is 22.9. The van der Waals surface area contributed by atoms with Crippen LogP contribution < -0.4 is 10.1 Å². The van der Waals surface area contributed by atoms with Gasteiger partial charge in [0.05, 0.1) is 12.5 Å². The predicted molar refractivity (Wildman–Crippen MR) is 67.2 cm³/mol. The topological polar surface area (TPSA) is 55.4 Å². The van der Waals surface area contributed by atoms with E-state index in [0.717, 1.165) is 17.7 Å². The number of hydrogen-bond acceptors (Lipinski definition) is 3. The van der Waals surface area contributed by atoms with Crippen molar-refractivity contribution in [3.05, 3.63) is 29.8 Å². The Bertz CT molecular complexity index is 466. The van der Waals surface area contributed by atoms with Gasteiger partial charge in [0.25, 0.3) is 0 Å². The first-order valence-corrected chi connectivity index (χ1v) is 6.01. The second kappa shape index (κ2) is 4.80. The second-order valence-electron chi connectivity index (χ2n) is 4.96. The van der Waals surface area contributed by atoms with Crippen molar-refractivity contribution in [2.75, 3.05) is 7.11 Å². The zero-order valence-corrected chi connectivity index (χ0v) is 10.7. The Morgan fingerprint density at radius 1 is 1.28 bits per heavy atom. The van der Waals surface area contributed by atoms with Crippen molar-refractivity contribution in [1.82, 2.24) is 5.32 Å². The van der Waals surface area contributed by atoms with Gasteiger partial charge in [0.15, 0.2) is 0 Å². The lowest BCUT2D eigenvalue weighted by molar-refractivity contribution is -0.128. The lowest BCUT2D eigenvalue weighted by Crippen LogP contribution is -2.29. The Kier molecular flexibility index (Phi) is 3.36. The van der Waals surface area contributed by atoms with Crippen molar-refractivity contribution in [2.24, 2.45) is 5.41 Å². The highest BCUT2D eigenvalue weighted by Crippen LogP contribution is 2.32. The maximum atomic E-state index is 11.7. The van der Waals surface area contributed by atoms with Crippen LogP contribution in [-0.4, -0.2) is 18.9 Å². The molecule has 1 fully saturated rings. The molecule has 0 aliphatic carbocycles. The van der Waals surface area contributed by atoms with E-state index in [-0.39, 0.29) is 11.8 Å². The molecule has 2 rings (SSSR count). The molecule has 18 heavy (non-hydrogen) atoms. The van der Waals surface area contributed by atoms with Gasteiger partial charge in [-0.1, -0.05) is 19.1 Å². The molecule has 1 saturated heterocycles. The van der Waals surface area contributed by atoms with Crippen LogP contribution in [0.25, 0.3) is 0 Å². The van der Waals surface area contributed by atoms with Crippen LogP contribution >= 0.6 is 0 Å². The normalized spacial score (nSPS) is 23.0. The highest BCUT2D eigenvalue weighted by atomic mass is 16.5. The van der Waals surface area contributed by atoms with Crippen molar-refractivity contribution in [2.45, 2.75) is 26.2 Å². The molecule has 1 aromatic rings. The first kappa shape index (κ1) is 12.6. The number of imide groups is 1. The third-order valence-corrected chi connectivity index (χ3v) is 3.48. The summed E-state index contributed by atoms with van der Waals surface area (Å²) < 4.78 is 5.09. The van der Waals surface area contributed by atoms with Crippen LogP contribution in [0.1, 0.15) is 25.3 Å². The number of carbonyl (C=O) groups excluding carboxylic acids is 2. The van der Waals surface area contributed by atoms with Gasteiger partial charge in [0.2, 0.25) is 11.8 Å². The van der Waals surface area contributed by atoms with Crippen molar-refractivity contribution in [1.29, 1.82) is 0 Å². The van der Waals surface area contributed by atoms with Gasteiger partial charge in [-0.2, -0.15) is 0 Å². The first-order valence-electron chi connectivity index (χ1n) is 6.01. The third-order valence-electron chi connectivity index (χ3n) is 3.48. The zero-order valence-electron chi connectivity index (χ0n) is 10.7. The van der Waals surface area contributed by atoms with Gasteiger partial charge in [-0.15, -0.1) is 0 Å². The van der Waals surface area contributed by atoms with E-state index in [1.54, 1.807) is 7.11 Å². The second-order valence-corrected chi connectivity index (χ2v) is 4.96. The number of rotatable bonds is 4. The van der Waals surface area contributed by atoms with E-state index in [9.17, 15) is 9.59 Å². The van der Waals surface area contributed by atoms with Crippen molar-refractivity contribution >= 4 is 11.8 Å². The number of hydrogen-bond donors (Lipinski definition) is 1. The summed E-state index contributed by atoms with van der Waals surface area (Å²) in [6.45, 7) is 1.84. The molecule has 0 spiro atoms. The van der Waals surface area contributed by atoms with Gasteiger partial charge in [-0.25, -0.2) is 0 Å².